The first-order valence-corrected chi connectivity index (χ1v) is 10.1. The average molecular weight is 428 g/mol. The number of nitrogens with zero attached hydrogens (tertiary/aromatic N) is 3. The Morgan fingerprint density at radius 3 is 2.48 bits per heavy atom. The second-order valence-electron chi connectivity index (χ2n) is 5.63. The summed E-state index contributed by atoms with van der Waals surface area (Å²) in [5, 5.41) is 7.00. The van der Waals surface area contributed by atoms with E-state index in [1.54, 1.807) is 24.1 Å². The first-order chi connectivity index (χ1) is 12.8. The van der Waals surface area contributed by atoms with E-state index in [0.29, 0.717) is 9.93 Å². The summed E-state index contributed by atoms with van der Waals surface area (Å²) in [5.41, 5.74) is 1.46. The fraction of sp³-hybridized carbons (Fsp3) is 0.353. The van der Waals surface area contributed by atoms with Gasteiger partial charge in [0.05, 0.1) is 19.4 Å². The van der Waals surface area contributed by atoms with E-state index in [1.807, 2.05) is 31.0 Å². The molecule has 0 unspecified atom stereocenters. The summed E-state index contributed by atoms with van der Waals surface area (Å²) in [6.45, 7) is 3.82. The van der Waals surface area contributed by atoms with E-state index in [0.717, 1.165) is 11.4 Å². The number of hydrogen-bond donors (Lipinski definition) is 0. The van der Waals surface area contributed by atoms with Gasteiger partial charge < -0.3 is 14.4 Å². The molecule has 0 radical (unpaired) electrons. The normalized spacial score (nSPS) is 21.7. The SMILES string of the molecule is CCOC(=O)C1=NN(c2ccc(Cl)cc2)[C@]2(S1)SC(C(=O)OC)=C(C)N2C. The molecule has 0 saturated carbocycles. The Hall–Kier alpha value is -1.84. The topological polar surface area (TPSA) is 71.4 Å². The van der Waals surface area contributed by atoms with Gasteiger partial charge in [0.15, 0.2) is 0 Å². The second-order valence-corrected chi connectivity index (χ2v) is 8.67. The summed E-state index contributed by atoms with van der Waals surface area (Å²) in [4.78, 5) is 26.9. The lowest BCUT2D eigenvalue weighted by atomic mass is 10.3. The molecule has 144 valence electrons. The number of carbonyl (C=O) groups is 2. The summed E-state index contributed by atoms with van der Waals surface area (Å²) in [6.07, 6.45) is 0. The third kappa shape index (κ3) is 3.39. The van der Waals surface area contributed by atoms with Gasteiger partial charge in [0.2, 0.25) is 9.37 Å². The largest absolute Gasteiger partial charge is 0.465 e. The Morgan fingerprint density at radius 2 is 1.89 bits per heavy atom. The van der Waals surface area contributed by atoms with Crippen LogP contribution in [0.4, 0.5) is 5.69 Å². The molecule has 0 saturated heterocycles. The highest BCUT2D eigenvalue weighted by Crippen LogP contribution is 2.58. The Morgan fingerprint density at radius 1 is 1.22 bits per heavy atom. The molecule has 27 heavy (non-hydrogen) atoms. The van der Waals surface area contributed by atoms with Crippen molar-refractivity contribution in [2.45, 2.75) is 18.2 Å². The van der Waals surface area contributed by atoms with Gasteiger partial charge in [0.1, 0.15) is 4.91 Å². The van der Waals surface area contributed by atoms with Gasteiger partial charge in [-0.25, -0.2) is 14.6 Å². The molecule has 3 rings (SSSR count). The van der Waals surface area contributed by atoms with Gasteiger partial charge in [-0.3, -0.25) is 0 Å². The highest BCUT2D eigenvalue weighted by molar-refractivity contribution is 8.28. The summed E-state index contributed by atoms with van der Waals surface area (Å²) < 4.78 is 9.14. The van der Waals surface area contributed by atoms with Crippen LogP contribution in [0.25, 0.3) is 0 Å². The number of methoxy groups -OCH3 is 1. The highest BCUT2D eigenvalue weighted by Gasteiger charge is 2.56. The number of hydrazone groups is 1. The Bertz CT molecular complexity index is 843. The van der Waals surface area contributed by atoms with E-state index in [9.17, 15) is 9.59 Å². The Labute approximate surface area is 170 Å². The third-order valence-electron chi connectivity index (χ3n) is 4.07. The standard InChI is InChI=1S/C17H18ClN3O4S2/c1-5-25-16(23)14-19-21(12-8-6-11(18)7-9-12)17(27-14)20(3)10(2)13(26-17)15(22)24-4/h6-9H,5H2,1-4H3/t17-/m0/s1. The highest BCUT2D eigenvalue weighted by atomic mass is 35.5. The molecule has 0 amide bonds. The van der Waals surface area contributed by atoms with Crippen LogP contribution in [0.1, 0.15) is 13.8 Å². The molecule has 2 heterocycles. The maximum Gasteiger partial charge on any atom is 0.365 e. The van der Waals surface area contributed by atoms with E-state index in [4.69, 9.17) is 21.1 Å². The van der Waals surface area contributed by atoms with E-state index in [1.165, 1.54) is 30.6 Å². The van der Waals surface area contributed by atoms with E-state index < -0.39 is 16.3 Å². The van der Waals surface area contributed by atoms with E-state index in [2.05, 4.69) is 5.10 Å². The zero-order chi connectivity index (χ0) is 19.8. The van der Waals surface area contributed by atoms with Crippen molar-refractivity contribution in [3.63, 3.8) is 0 Å². The maximum atomic E-state index is 12.3. The minimum atomic E-state index is -0.885. The molecule has 0 bridgehead atoms. The third-order valence-corrected chi connectivity index (χ3v) is 7.36. The number of esters is 2. The minimum absolute atomic E-state index is 0.213. The van der Waals surface area contributed by atoms with Crippen LogP contribution >= 0.6 is 35.1 Å². The van der Waals surface area contributed by atoms with Gasteiger partial charge >= 0.3 is 11.9 Å². The molecule has 1 aromatic rings. The van der Waals surface area contributed by atoms with Gasteiger partial charge in [-0.05, 0) is 49.9 Å². The monoisotopic (exact) mass is 427 g/mol. The molecule has 1 atom stereocenters. The van der Waals surface area contributed by atoms with Crippen molar-refractivity contribution in [2.24, 2.45) is 5.10 Å². The van der Waals surface area contributed by atoms with Gasteiger partial charge in [0, 0.05) is 17.8 Å². The lowest BCUT2D eigenvalue weighted by Crippen LogP contribution is -2.47. The predicted octanol–water partition coefficient (Wildman–Crippen LogP) is 3.46. The van der Waals surface area contributed by atoms with Crippen molar-refractivity contribution < 1.29 is 19.1 Å². The number of ether oxygens (including phenoxy) is 2. The maximum absolute atomic E-state index is 12.3. The second kappa shape index (κ2) is 7.65. The van der Waals surface area contributed by atoms with Crippen LogP contribution in [0.3, 0.4) is 0 Å². The molecule has 0 N–H and O–H groups in total. The molecule has 0 aromatic heterocycles. The Balaban J connectivity index is 2.04. The van der Waals surface area contributed by atoms with Crippen molar-refractivity contribution in [1.82, 2.24) is 4.90 Å². The zero-order valence-electron chi connectivity index (χ0n) is 15.2. The number of thioether (sulfide) groups is 2. The summed E-state index contributed by atoms with van der Waals surface area (Å²) >= 11 is 8.51. The number of carbonyl (C=O) groups excluding carboxylic acids is 2. The van der Waals surface area contributed by atoms with Crippen LogP contribution in [0.15, 0.2) is 40.0 Å². The number of hydrogen-bond acceptors (Lipinski definition) is 9. The summed E-state index contributed by atoms with van der Waals surface area (Å²) in [7, 11) is 3.19. The first kappa shape index (κ1) is 19.9. The Kier molecular flexibility index (Phi) is 5.64. The molecule has 0 aliphatic carbocycles. The molecule has 0 fully saturated rings. The molecular weight excluding hydrogens is 410 g/mol. The van der Waals surface area contributed by atoms with Gasteiger partial charge in [0.25, 0.3) is 0 Å². The first-order valence-electron chi connectivity index (χ1n) is 8.06. The van der Waals surface area contributed by atoms with Gasteiger partial charge in [-0.1, -0.05) is 23.4 Å². The quantitative estimate of drug-likeness (QED) is 0.676. The van der Waals surface area contributed by atoms with Crippen LogP contribution in [-0.2, 0) is 19.1 Å². The van der Waals surface area contributed by atoms with Crippen LogP contribution in [-0.4, -0.2) is 47.0 Å². The van der Waals surface area contributed by atoms with Crippen LogP contribution < -0.4 is 5.01 Å². The van der Waals surface area contributed by atoms with Crippen molar-refractivity contribution in [2.75, 3.05) is 25.8 Å². The molecule has 2 aliphatic rings. The number of anilines is 1. The fourth-order valence-corrected chi connectivity index (χ4v) is 5.64. The van der Waals surface area contributed by atoms with E-state index >= 15 is 0 Å². The fourth-order valence-electron chi connectivity index (χ4n) is 2.62. The molecule has 1 aromatic carbocycles. The lowest BCUT2D eigenvalue weighted by molar-refractivity contribution is -0.135. The van der Waals surface area contributed by atoms with Crippen LogP contribution in [0.5, 0.6) is 0 Å². The molecule has 1 spiro atoms. The molecule has 7 nitrogen and oxygen atoms in total. The van der Waals surface area contributed by atoms with Gasteiger partial charge in [-0.15, -0.1) is 0 Å². The molecular formula is C17H18ClN3O4S2. The van der Waals surface area contributed by atoms with Crippen LogP contribution in [0.2, 0.25) is 5.02 Å². The smallest absolute Gasteiger partial charge is 0.365 e. The van der Waals surface area contributed by atoms with Crippen molar-refractivity contribution in [1.29, 1.82) is 0 Å². The summed E-state index contributed by atoms with van der Waals surface area (Å²) in [6, 6.07) is 7.10. The van der Waals surface area contributed by atoms with Gasteiger partial charge in [-0.2, -0.15) is 5.10 Å². The zero-order valence-corrected chi connectivity index (χ0v) is 17.6. The number of rotatable bonds is 4. The number of allylic oxidation sites excluding steroid dienone is 1. The van der Waals surface area contributed by atoms with Crippen molar-refractivity contribution >= 4 is 57.8 Å². The van der Waals surface area contributed by atoms with Crippen LogP contribution in [0, 0.1) is 0 Å². The summed E-state index contributed by atoms with van der Waals surface area (Å²) in [5.74, 6) is -0.932. The minimum Gasteiger partial charge on any atom is -0.465 e. The van der Waals surface area contributed by atoms with E-state index in [-0.39, 0.29) is 11.7 Å². The number of halogens is 1. The predicted molar refractivity (Wildman–Crippen MR) is 108 cm³/mol. The lowest BCUT2D eigenvalue weighted by Gasteiger charge is -2.39. The number of benzene rings is 1. The average Bonchev–Trinajstić information content (AvgIpc) is 3.16. The molecule has 2 aliphatic heterocycles. The molecule has 10 heteroatoms. The van der Waals surface area contributed by atoms with Crippen molar-refractivity contribution in [3.8, 4) is 0 Å². The van der Waals surface area contributed by atoms with Crippen molar-refractivity contribution in [3.05, 3.63) is 39.9 Å².